The summed E-state index contributed by atoms with van der Waals surface area (Å²) in [5.74, 6) is -1.23. The molecule has 0 saturated carbocycles. The van der Waals surface area contributed by atoms with Gasteiger partial charge in [0, 0.05) is 24.1 Å². The topological polar surface area (TPSA) is 62.6 Å². The lowest BCUT2D eigenvalue weighted by atomic mass is 10.1. The van der Waals surface area contributed by atoms with Gasteiger partial charge in [-0.15, -0.1) is 0 Å². The van der Waals surface area contributed by atoms with Gasteiger partial charge in [-0.25, -0.2) is 9.69 Å². The van der Waals surface area contributed by atoms with Crippen LogP contribution in [0.4, 0.5) is 10.5 Å². The number of urea groups is 1. The molecule has 0 N–H and O–H groups in total. The van der Waals surface area contributed by atoms with Crippen LogP contribution in [-0.4, -0.2) is 34.4 Å². The molecule has 6 heteroatoms. The Morgan fingerprint density at radius 2 is 1.44 bits per heavy atom. The van der Waals surface area contributed by atoms with Gasteiger partial charge in [0.15, 0.2) is 0 Å². The first-order valence-corrected chi connectivity index (χ1v) is 10.4. The van der Waals surface area contributed by atoms with Gasteiger partial charge in [0.25, 0.3) is 11.8 Å². The average Bonchev–Trinajstić information content (AvgIpc) is 3.05. The maximum Gasteiger partial charge on any atom is 0.338 e. The Balaban J connectivity index is 1.80. The molecule has 1 saturated heterocycles. The van der Waals surface area contributed by atoms with Crippen LogP contribution in [0.1, 0.15) is 28.1 Å². The van der Waals surface area contributed by atoms with Gasteiger partial charge in [0.05, 0.1) is 5.69 Å². The summed E-state index contributed by atoms with van der Waals surface area (Å²) in [6.07, 6.45) is 1.59. The summed E-state index contributed by atoms with van der Waals surface area (Å²) in [6, 6.07) is 16.2. The number of likely N-dealkylation sites (N-methyl/N-ethyl adjacent to an activating group) is 1. The molecule has 0 aliphatic carbocycles. The lowest BCUT2D eigenvalue weighted by Crippen LogP contribution is -2.55. The van der Waals surface area contributed by atoms with Gasteiger partial charge in [0.2, 0.25) is 0 Å². The van der Waals surface area contributed by atoms with Crippen LogP contribution in [-0.2, 0) is 9.59 Å². The third-order valence-electron chi connectivity index (χ3n) is 5.98. The highest BCUT2D eigenvalue weighted by Gasteiger charge is 2.41. The zero-order chi connectivity index (χ0) is 23.2. The number of aryl methyl sites for hydroxylation is 3. The van der Waals surface area contributed by atoms with Gasteiger partial charge < -0.3 is 4.57 Å². The zero-order valence-electron chi connectivity index (χ0n) is 18.8. The number of aromatic nitrogens is 1. The molecule has 2 heterocycles. The van der Waals surface area contributed by atoms with Crippen molar-refractivity contribution >= 4 is 29.6 Å². The minimum atomic E-state index is -0.663. The lowest BCUT2D eigenvalue weighted by Gasteiger charge is -2.31. The molecule has 6 nitrogen and oxygen atoms in total. The molecule has 0 radical (unpaired) electrons. The van der Waals surface area contributed by atoms with E-state index in [0.717, 1.165) is 32.4 Å². The van der Waals surface area contributed by atoms with Crippen molar-refractivity contribution in [1.82, 2.24) is 9.47 Å². The van der Waals surface area contributed by atoms with E-state index in [-0.39, 0.29) is 5.57 Å². The predicted molar refractivity (Wildman–Crippen MR) is 125 cm³/mol. The van der Waals surface area contributed by atoms with E-state index in [1.54, 1.807) is 36.4 Å². The number of carbonyl (C=O) groups is 3. The van der Waals surface area contributed by atoms with Crippen molar-refractivity contribution < 1.29 is 14.4 Å². The Kier molecular flexibility index (Phi) is 5.30. The fourth-order valence-electron chi connectivity index (χ4n) is 4.00. The highest BCUT2D eigenvalue weighted by Crippen LogP contribution is 2.28. The summed E-state index contributed by atoms with van der Waals surface area (Å²) in [5.41, 5.74) is 6.45. The normalized spacial score (nSPS) is 15.8. The van der Waals surface area contributed by atoms with Crippen molar-refractivity contribution in [2.75, 3.05) is 11.9 Å². The molecule has 1 aromatic heterocycles. The number of rotatable bonds is 3. The predicted octanol–water partition coefficient (Wildman–Crippen LogP) is 4.72. The van der Waals surface area contributed by atoms with Crippen molar-refractivity contribution in [3.63, 3.8) is 0 Å². The first kappa shape index (κ1) is 21.3. The van der Waals surface area contributed by atoms with Crippen molar-refractivity contribution in [2.45, 2.75) is 27.7 Å². The average molecular weight is 428 g/mol. The number of para-hydroxylation sites is 1. The van der Waals surface area contributed by atoms with Crippen LogP contribution >= 0.6 is 0 Å². The second-order valence-electron chi connectivity index (χ2n) is 8.11. The van der Waals surface area contributed by atoms with E-state index in [2.05, 4.69) is 36.6 Å². The Morgan fingerprint density at radius 1 is 0.750 bits per heavy atom. The van der Waals surface area contributed by atoms with Crippen LogP contribution in [0, 0.1) is 27.7 Å². The first-order chi connectivity index (χ1) is 15.2. The van der Waals surface area contributed by atoms with E-state index < -0.39 is 17.8 Å². The maximum atomic E-state index is 13.2. The second kappa shape index (κ2) is 7.96. The molecule has 0 spiro atoms. The minimum absolute atomic E-state index is 0.0451. The number of imide groups is 2. The molecule has 1 aliphatic rings. The zero-order valence-corrected chi connectivity index (χ0v) is 18.8. The van der Waals surface area contributed by atoms with Crippen LogP contribution in [0.5, 0.6) is 0 Å². The molecule has 1 fully saturated rings. The van der Waals surface area contributed by atoms with Gasteiger partial charge in [-0.2, -0.15) is 0 Å². The van der Waals surface area contributed by atoms with Crippen LogP contribution in [0.25, 0.3) is 11.8 Å². The second-order valence-corrected chi connectivity index (χ2v) is 8.11. The third-order valence-corrected chi connectivity index (χ3v) is 5.98. The summed E-state index contributed by atoms with van der Waals surface area (Å²) in [5, 5.41) is 0. The fourth-order valence-corrected chi connectivity index (χ4v) is 4.00. The number of hydrogen-bond donors (Lipinski definition) is 0. The number of carbonyl (C=O) groups excluding carboxylic acids is 3. The summed E-state index contributed by atoms with van der Waals surface area (Å²) >= 11 is 0. The van der Waals surface area contributed by atoms with Crippen molar-refractivity contribution in [2.24, 2.45) is 0 Å². The third kappa shape index (κ3) is 3.43. The SMILES string of the molecule is Cc1ccc(-n2c(C)cc(/C=C3\C(=O)N(C)C(=O)N(c4ccccc4)C3=O)c2C)cc1C. The monoisotopic (exact) mass is 427 g/mol. The smallest absolute Gasteiger partial charge is 0.318 e. The highest BCUT2D eigenvalue weighted by atomic mass is 16.2. The quantitative estimate of drug-likeness (QED) is 0.449. The Hall–Kier alpha value is -3.93. The molecule has 4 rings (SSSR count). The van der Waals surface area contributed by atoms with E-state index in [1.807, 2.05) is 19.9 Å². The van der Waals surface area contributed by atoms with E-state index in [1.165, 1.54) is 18.2 Å². The van der Waals surface area contributed by atoms with Crippen molar-refractivity contribution in [1.29, 1.82) is 0 Å². The first-order valence-electron chi connectivity index (χ1n) is 10.4. The molecule has 162 valence electrons. The Morgan fingerprint density at radius 3 is 2.09 bits per heavy atom. The molecule has 0 bridgehead atoms. The number of hydrogen-bond acceptors (Lipinski definition) is 3. The summed E-state index contributed by atoms with van der Waals surface area (Å²) in [4.78, 5) is 40.8. The van der Waals surface area contributed by atoms with Crippen LogP contribution in [0.15, 0.2) is 60.2 Å². The van der Waals surface area contributed by atoms with Crippen molar-refractivity contribution in [3.8, 4) is 5.69 Å². The highest BCUT2D eigenvalue weighted by molar-refractivity contribution is 6.39. The number of nitrogens with zero attached hydrogens (tertiary/aromatic N) is 3. The number of anilines is 1. The lowest BCUT2D eigenvalue weighted by molar-refractivity contribution is -0.128. The number of amides is 4. The molecule has 4 amide bonds. The van der Waals surface area contributed by atoms with Gasteiger partial charge in [-0.3, -0.25) is 14.5 Å². The van der Waals surface area contributed by atoms with Crippen LogP contribution in [0.3, 0.4) is 0 Å². The van der Waals surface area contributed by atoms with E-state index >= 15 is 0 Å². The molecule has 0 unspecified atom stereocenters. The standard InChI is InChI=1S/C26H25N3O3/c1-16-11-12-22(13-17(16)2)28-18(3)14-20(19(28)4)15-23-24(30)27(5)26(32)29(25(23)31)21-9-7-6-8-10-21/h6-15H,1-5H3/b23-15+. The van der Waals surface area contributed by atoms with Crippen LogP contribution < -0.4 is 4.90 Å². The maximum absolute atomic E-state index is 13.2. The van der Waals surface area contributed by atoms with Gasteiger partial charge >= 0.3 is 6.03 Å². The molecule has 0 atom stereocenters. The van der Waals surface area contributed by atoms with E-state index in [0.29, 0.717) is 5.69 Å². The number of barbiturate groups is 1. The molecule has 3 aromatic rings. The minimum Gasteiger partial charge on any atom is -0.318 e. The Bertz CT molecular complexity index is 1290. The summed E-state index contributed by atoms with van der Waals surface area (Å²) < 4.78 is 2.10. The van der Waals surface area contributed by atoms with E-state index in [9.17, 15) is 14.4 Å². The molecule has 2 aromatic carbocycles. The Labute approximate surface area is 187 Å². The van der Waals surface area contributed by atoms with Gasteiger partial charge in [-0.05, 0) is 80.8 Å². The largest absolute Gasteiger partial charge is 0.338 e. The summed E-state index contributed by atoms with van der Waals surface area (Å²) in [7, 11) is 1.39. The number of benzene rings is 2. The van der Waals surface area contributed by atoms with Gasteiger partial charge in [0.1, 0.15) is 5.57 Å². The molecule has 32 heavy (non-hydrogen) atoms. The fraction of sp³-hybridized carbons (Fsp3) is 0.192. The molecular weight excluding hydrogens is 402 g/mol. The summed E-state index contributed by atoms with van der Waals surface area (Å²) in [6.45, 7) is 8.08. The molecule has 1 aliphatic heterocycles. The van der Waals surface area contributed by atoms with Crippen molar-refractivity contribution in [3.05, 3.63) is 88.2 Å². The van der Waals surface area contributed by atoms with Crippen LogP contribution in [0.2, 0.25) is 0 Å². The van der Waals surface area contributed by atoms with Gasteiger partial charge in [-0.1, -0.05) is 24.3 Å². The molecular formula is C26H25N3O3. The van der Waals surface area contributed by atoms with E-state index in [4.69, 9.17) is 0 Å².